The van der Waals surface area contributed by atoms with Gasteiger partial charge in [-0.1, -0.05) is 62.2 Å². The van der Waals surface area contributed by atoms with E-state index in [1.807, 2.05) is 56.3 Å². The van der Waals surface area contributed by atoms with Gasteiger partial charge < -0.3 is 10.4 Å². The third-order valence-corrected chi connectivity index (χ3v) is 8.12. The molecule has 2 N–H and O–H groups in total. The van der Waals surface area contributed by atoms with Crippen molar-refractivity contribution in [1.29, 1.82) is 0 Å². The van der Waals surface area contributed by atoms with Crippen LogP contribution >= 0.6 is 31.9 Å². The van der Waals surface area contributed by atoms with Crippen molar-refractivity contribution >= 4 is 49.7 Å². The van der Waals surface area contributed by atoms with Crippen LogP contribution in [0.1, 0.15) is 59.2 Å². The lowest BCUT2D eigenvalue weighted by Crippen LogP contribution is -2.17. The van der Waals surface area contributed by atoms with Crippen LogP contribution < -0.4 is 5.32 Å². The van der Waals surface area contributed by atoms with E-state index < -0.39 is 0 Å². The molecule has 7 nitrogen and oxygen atoms in total. The molecule has 0 aliphatic heterocycles. The molecule has 2 heterocycles. The number of pyridine rings is 2. The minimum atomic E-state index is -0.0568. The van der Waals surface area contributed by atoms with Crippen molar-refractivity contribution in [2.45, 2.75) is 33.2 Å². The maximum atomic E-state index is 12.3. The number of aliphatic hydroxyl groups is 1. The van der Waals surface area contributed by atoms with Crippen molar-refractivity contribution in [1.82, 2.24) is 15.3 Å². The second-order valence-electron chi connectivity index (χ2n) is 9.29. The van der Waals surface area contributed by atoms with Gasteiger partial charge in [-0.05, 0) is 72.0 Å². The number of aromatic nitrogens is 2. The Morgan fingerprint density at radius 3 is 1.78 bits per heavy atom. The van der Waals surface area contributed by atoms with E-state index in [1.54, 1.807) is 24.4 Å². The van der Waals surface area contributed by atoms with E-state index in [1.165, 1.54) is 6.20 Å². The summed E-state index contributed by atoms with van der Waals surface area (Å²) in [6.45, 7) is 5.25. The third kappa shape index (κ3) is 9.60. The van der Waals surface area contributed by atoms with Crippen molar-refractivity contribution in [3.05, 3.63) is 127 Å². The Hall–Kier alpha value is -3.37. The van der Waals surface area contributed by atoms with E-state index in [-0.39, 0.29) is 18.2 Å². The number of aliphatic hydroxyl groups excluding tert-OH is 1. The number of aldehydes is 1. The molecule has 0 spiro atoms. The van der Waals surface area contributed by atoms with Gasteiger partial charge in [-0.3, -0.25) is 24.4 Å². The minimum absolute atomic E-state index is 0.0102. The first-order valence-electron chi connectivity index (χ1n) is 13.0. The molecule has 4 rings (SSSR count). The molecule has 0 saturated carbocycles. The largest absolute Gasteiger partial charge is 0.395 e. The van der Waals surface area contributed by atoms with E-state index in [2.05, 4.69) is 47.1 Å². The van der Waals surface area contributed by atoms with Gasteiger partial charge in [-0.2, -0.15) is 0 Å². The van der Waals surface area contributed by atoms with Crippen molar-refractivity contribution in [2.24, 2.45) is 0 Å². The number of ketones is 2. The van der Waals surface area contributed by atoms with E-state index in [0.717, 1.165) is 36.8 Å². The Bertz CT molecular complexity index is 1490. The molecule has 0 unspecified atom stereocenters. The standard InChI is InChI=1S/C17H19BrN2O2.C15H12BrNO2/c1-12-14(3-2-4-15(12)18)9-17(22)16-6-5-13(11-20-16)10-19-7-8-21;1-10-12(3-2-4-13(10)16)7-15(19)14-6-5-11(9-18)8-17-14/h2-6,11,19,21H,7-10H2,1H3;2-6,8-9H,7H2,1H3. The molecule has 0 bridgehead atoms. The Morgan fingerprint density at radius 1 is 0.805 bits per heavy atom. The smallest absolute Gasteiger partial charge is 0.185 e. The number of halogens is 2. The Kier molecular flexibility index (Phi) is 12.7. The van der Waals surface area contributed by atoms with Crippen LogP contribution in [0.3, 0.4) is 0 Å². The summed E-state index contributed by atoms with van der Waals surface area (Å²) in [6, 6.07) is 18.5. The third-order valence-electron chi connectivity index (χ3n) is 6.40. The van der Waals surface area contributed by atoms with Crippen LogP contribution in [0.2, 0.25) is 0 Å². The number of nitrogens with zero attached hydrogens (tertiary/aromatic N) is 2. The van der Waals surface area contributed by atoms with E-state index >= 15 is 0 Å². The van der Waals surface area contributed by atoms with Gasteiger partial charge in [0.2, 0.25) is 0 Å². The molecular weight excluding hydrogens is 650 g/mol. The maximum Gasteiger partial charge on any atom is 0.185 e. The summed E-state index contributed by atoms with van der Waals surface area (Å²) < 4.78 is 2.00. The van der Waals surface area contributed by atoms with Gasteiger partial charge in [0.25, 0.3) is 0 Å². The molecule has 0 radical (unpaired) electrons. The first-order chi connectivity index (χ1) is 19.7. The summed E-state index contributed by atoms with van der Waals surface area (Å²) in [5, 5.41) is 11.8. The molecule has 0 fully saturated rings. The van der Waals surface area contributed by atoms with Crippen molar-refractivity contribution in [2.75, 3.05) is 13.2 Å². The molecular formula is C32H31Br2N3O4. The van der Waals surface area contributed by atoms with Crippen LogP contribution in [0.4, 0.5) is 0 Å². The molecule has 2 aromatic heterocycles. The predicted molar refractivity (Wildman–Crippen MR) is 166 cm³/mol. The van der Waals surface area contributed by atoms with Crippen molar-refractivity contribution in [3.8, 4) is 0 Å². The number of Topliss-reactive ketones (excluding diaryl/α,β-unsaturated/α-hetero) is 2. The summed E-state index contributed by atoms with van der Waals surface area (Å²) >= 11 is 6.93. The quantitative estimate of drug-likeness (QED) is 0.113. The summed E-state index contributed by atoms with van der Waals surface area (Å²) in [5.74, 6) is -0.0466. The van der Waals surface area contributed by atoms with Gasteiger partial charge in [-0.25, -0.2) is 0 Å². The van der Waals surface area contributed by atoms with E-state index in [4.69, 9.17) is 5.11 Å². The van der Waals surface area contributed by atoms with Gasteiger partial charge in [0.05, 0.1) is 6.61 Å². The number of carbonyl (C=O) groups excluding carboxylic acids is 3. The fraction of sp³-hybridized carbons (Fsp3) is 0.219. The summed E-state index contributed by atoms with van der Waals surface area (Å²) in [5.41, 5.74) is 6.44. The number of rotatable bonds is 11. The monoisotopic (exact) mass is 679 g/mol. The van der Waals surface area contributed by atoms with Crippen molar-refractivity contribution < 1.29 is 19.5 Å². The van der Waals surface area contributed by atoms with E-state index in [9.17, 15) is 14.4 Å². The molecule has 0 saturated heterocycles. The molecule has 4 aromatic rings. The fourth-order valence-corrected chi connectivity index (χ4v) is 4.67. The second-order valence-corrected chi connectivity index (χ2v) is 11.0. The first kappa shape index (κ1) is 32.1. The zero-order valence-corrected chi connectivity index (χ0v) is 26.0. The zero-order chi connectivity index (χ0) is 29.8. The normalized spacial score (nSPS) is 10.5. The van der Waals surface area contributed by atoms with Crippen LogP contribution in [0.15, 0.2) is 82.0 Å². The highest BCUT2D eigenvalue weighted by Crippen LogP contribution is 2.21. The average Bonchev–Trinajstić information content (AvgIpc) is 2.98. The van der Waals surface area contributed by atoms with Crippen molar-refractivity contribution in [3.63, 3.8) is 0 Å². The lowest BCUT2D eigenvalue weighted by atomic mass is 10.0. The molecule has 212 valence electrons. The first-order valence-corrected chi connectivity index (χ1v) is 14.5. The van der Waals surface area contributed by atoms with E-state index in [0.29, 0.717) is 49.2 Å². The van der Waals surface area contributed by atoms with Gasteiger partial charge in [-0.15, -0.1) is 0 Å². The number of carbonyl (C=O) groups is 3. The predicted octanol–water partition coefficient (Wildman–Crippen LogP) is 6.05. The van der Waals surface area contributed by atoms with Crippen LogP contribution in [0.5, 0.6) is 0 Å². The molecule has 0 amide bonds. The Labute approximate surface area is 256 Å². The van der Waals surface area contributed by atoms with Gasteiger partial charge in [0.15, 0.2) is 17.9 Å². The number of nitrogens with one attached hydrogen (secondary N) is 1. The number of hydrogen-bond acceptors (Lipinski definition) is 7. The molecule has 9 heteroatoms. The van der Waals surface area contributed by atoms with Crippen LogP contribution in [0, 0.1) is 13.8 Å². The fourth-order valence-electron chi connectivity index (χ4n) is 3.86. The van der Waals surface area contributed by atoms with Crippen LogP contribution in [-0.4, -0.2) is 46.1 Å². The topological polar surface area (TPSA) is 109 Å². The second kappa shape index (κ2) is 16.2. The number of benzene rings is 2. The highest BCUT2D eigenvalue weighted by Gasteiger charge is 2.12. The maximum absolute atomic E-state index is 12.3. The lowest BCUT2D eigenvalue weighted by Gasteiger charge is -2.07. The SMILES string of the molecule is Cc1c(Br)cccc1CC(=O)c1ccc(C=O)cn1.Cc1c(Br)cccc1CC(=O)c1ccc(CNCCO)cn1. The summed E-state index contributed by atoms with van der Waals surface area (Å²) in [4.78, 5) is 43.2. The van der Waals surface area contributed by atoms with Gasteiger partial charge in [0, 0.05) is 52.8 Å². The average molecular weight is 681 g/mol. The minimum Gasteiger partial charge on any atom is -0.395 e. The Morgan fingerprint density at radius 2 is 1.34 bits per heavy atom. The molecule has 0 aliphatic carbocycles. The molecule has 2 aromatic carbocycles. The van der Waals surface area contributed by atoms with Gasteiger partial charge >= 0.3 is 0 Å². The molecule has 0 aliphatic rings. The zero-order valence-electron chi connectivity index (χ0n) is 22.9. The summed E-state index contributed by atoms with van der Waals surface area (Å²) in [7, 11) is 0. The van der Waals surface area contributed by atoms with Crippen LogP contribution in [-0.2, 0) is 19.4 Å². The molecule has 41 heavy (non-hydrogen) atoms. The van der Waals surface area contributed by atoms with Crippen LogP contribution in [0.25, 0.3) is 0 Å². The highest BCUT2D eigenvalue weighted by molar-refractivity contribution is 9.10. The highest BCUT2D eigenvalue weighted by atomic mass is 79.9. The summed E-state index contributed by atoms with van der Waals surface area (Å²) in [6.07, 6.45) is 4.47. The van der Waals surface area contributed by atoms with Gasteiger partial charge in [0.1, 0.15) is 11.4 Å². The molecule has 0 atom stereocenters. The number of hydrogen-bond donors (Lipinski definition) is 2. The lowest BCUT2D eigenvalue weighted by molar-refractivity contribution is 0.0980. The Balaban J connectivity index is 0.000000228.